The molecule has 0 aliphatic carbocycles. The van der Waals surface area contributed by atoms with Gasteiger partial charge in [-0.1, -0.05) is 17.3 Å². The number of piperazine rings is 1. The number of methoxy groups -OCH3 is 1. The van der Waals surface area contributed by atoms with Crippen molar-refractivity contribution in [1.82, 2.24) is 39.6 Å². The van der Waals surface area contributed by atoms with E-state index in [1.54, 1.807) is 7.11 Å². The first-order chi connectivity index (χ1) is 15.2. The zero-order valence-electron chi connectivity index (χ0n) is 17.8. The number of para-hydroxylation sites is 1. The number of hydrogen-bond acceptors (Lipinski definition) is 7. The van der Waals surface area contributed by atoms with Gasteiger partial charge in [0, 0.05) is 31.7 Å². The first-order valence-corrected chi connectivity index (χ1v) is 10.5. The average molecular weight is 419 g/mol. The summed E-state index contributed by atoms with van der Waals surface area (Å²) in [4.78, 5) is 4.80. The summed E-state index contributed by atoms with van der Waals surface area (Å²) in [5, 5.41) is 17.7. The minimum atomic E-state index is 0.511. The molecule has 3 heterocycles. The molecule has 160 valence electrons. The van der Waals surface area contributed by atoms with Crippen molar-refractivity contribution in [3.8, 4) is 17.1 Å². The van der Waals surface area contributed by atoms with Crippen molar-refractivity contribution >= 4 is 11.0 Å². The van der Waals surface area contributed by atoms with E-state index >= 15 is 0 Å². The van der Waals surface area contributed by atoms with E-state index in [1.807, 2.05) is 53.2 Å². The van der Waals surface area contributed by atoms with E-state index in [-0.39, 0.29) is 0 Å². The SMILES string of the molecule is COc1ccc(-c2nnc(Cn3nnc4ccccc43)n2CN2CCN(C)CC2)cc1. The predicted molar refractivity (Wildman–Crippen MR) is 118 cm³/mol. The lowest BCUT2D eigenvalue weighted by molar-refractivity contribution is 0.124. The summed E-state index contributed by atoms with van der Waals surface area (Å²) < 4.78 is 9.39. The van der Waals surface area contributed by atoms with E-state index in [0.717, 1.165) is 66.8 Å². The van der Waals surface area contributed by atoms with Gasteiger partial charge in [0.05, 0.1) is 19.3 Å². The summed E-state index contributed by atoms with van der Waals surface area (Å²) in [6.45, 7) is 5.40. The number of aromatic nitrogens is 6. The van der Waals surface area contributed by atoms with Gasteiger partial charge >= 0.3 is 0 Å². The summed E-state index contributed by atoms with van der Waals surface area (Å²) >= 11 is 0. The smallest absolute Gasteiger partial charge is 0.165 e. The van der Waals surface area contributed by atoms with Crippen LogP contribution >= 0.6 is 0 Å². The fourth-order valence-corrected chi connectivity index (χ4v) is 3.91. The topological polar surface area (TPSA) is 77.1 Å². The van der Waals surface area contributed by atoms with Crippen LogP contribution in [0, 0.1) is 0 Å². The summed E-state index contributed by atoms with van der Waals surface area (Å²) in [6, 6.07) is 15.9. The molecule has 0 amide bonds. The number of fused-ring (bicyclic) bond motifs is 1. The van der Waals surface area contributed by atoms with Crippen LogP contribution in [-0.2, 0) is 13.2 Å². The highest BCUT2D eigenvalue weighted by Crippen LogP contribution is 2.23. The zero-order chi connectivity index (χ0) is 21.2. The van der Waals surface area contributed by atoms with Crippen LogP contribution in [-0.4, -0.2) is 79.9 Å². The van der Waals surface area contributed by atoms with Gasteiger partial charge in [0.25, 0.3) is 0 Å². The Labute approximate surface area is 180 Å². The molecule has 2 aromatic carbocycles. The number of rotatable bonds is 6. The Hall–Kier alpha value is -3.30. The lowest BCUT2D eigenvalue weighted by Gasteiger charge is -2.33. The Morgan fingerprint density at radius 3 is 2.45 bits per heavy atom. The second kappa shape index (κ2) is 8.44. The van der Waals surface area contributed by atoms with E-state index in [1.165, 1.54) is 0 Å². The third kappa shape index (κ3) is 4.01. The molecule has 5 rings (SSSR count). The van der Waals surface area contributed by atoms with Crippen LogP contribution in [0.25, 0.3) is 22.4 Å². The molecule has 2 aromatic heterocycles. The van der Waals surface area contributed by atoms with Crippen molar-refractivity contribution in [2.75, 3.05) is 40.3 Å². The molecule has 4 aromatic rings. The second-order valence-corrected chi connectivity index (χ2v) is 7.89. The monoisotopic (exact) mass is 418 g/mol. The van der Waals surface area contributed by atoms with E-state index in [2.05, 4.69) is 41.9 Å². The normalized spacial score (nSPS) is 15.5. The van der Waals surface area contributed by atoms with Gasteiger partial charge in [-0.3, -0.25) is 9.47 Å². The molecule has 0 radical (unpaired) electrons. The highest BCUT2D eigenvalue weighted by Gasteiger charge is 2.20. The molecule has 0 N–H and O–H groups in total. The molecule has 0 atom stereocenters. The number of hydrogen-bond donors (Lipinski definition) is 0. The minimum absolute atomic E-state index is 0.511. The first kappa shape index (κ1) is 19.7. The molecule has 31 heavy (non-hydrogen) atoms. The molecule has 9 nitrogen and oxygen atoms in total. The van der Waals surface area contributed by atoms with Crippen LogP contribution in [0.1, 0.15) is 5.82 Å². The average Bonchev–Trinajstić information content (AvgIpc) is 3.40. The van der Waals surface area contributed by atoms with Gasteiger partial charge in [-0.15, -0.1) is 15.3 Å². The van der Waals surface area contributed by atoms with Gasteiger partial charge in [-0.2, -0.15) is 0 Å². The van der Waals surface area contributed by atoms with E-state index in [4.69, 9.17) is 4.74 Å². The molecule has 1 aliphatic rings. The number of ether oxygens (including phenoxy) is 1. The molecule has 0 bridgehead atoms. The highest BCUT2D eigenvalue weighted by molar-refractivity contribution is 5.73. The standard InChI is InChI=1S/C22H26N8O/c1-27-11-13-28(14-12-27)16-29-21(15-30-20-6-4-3-5-19(20)23-26-30)24-25-22(29)17-7-9-18(31-2)10-8-17/h3-10H,11-16H2,1-2H3. The Morgan fingerprint density at radius 2 is 1.68 bits per heavy atom. The molecule has 0 spiro atoms. The van der Waals surface area contributed by atoms with Crippen molar-refractivity contribution < 1.29 is 4.74 Å². The van der Waals surface area contributed by atoms with Crippen molar-refractivity contribution in [2.24, 2.45) is 0 Å². The predicted octanol–water partition coefficient (Wildman–Crippen LogP) is 1.95. The summed E-state index contributed by atoms with van der Waals surface area (Å²) in [5.41, 5.74) is 2.88. The third-order valence-electron chi connectivity index (χ3n) is 5.82. The maximum Gasteiger partial charge on any atom is 0.165 e. The molecule has 0 saturated carbocycles. The summed E-state index contributed by atoms with van der Waals surface area (Å²) in [6.07, 6.45) is 0. The Balaban J connectivity index is 1.49. The molecule has 1 fully saturated rings. The Morgan fingerprint density at radius 1 is 0.903 bits per heavy atom. The van der Waals surface area contributed by atoms with Crippen LogP contribution in [0.15, 0.2) is 48.5 Å². The van der Waals surface area contributed by atoms with Crippen molar-refractivity contribution in [3.63, 3.8) is 0 Å². The van der Waals surface area contributed by atoms with Gasteiger partial charge in [0.2, 0.25) is 0 Å². The van der Waals surface area contributed by atoms with Gasteiger partial charge in [0.15, 0.2) is 11.6 Å². The lowest BCUT2D eigenvalue weighted by atomic mass is 10.2. The molecule has 1 saturated heterocycles. The molecule has 1 aliphatic heterocycles. The largest absolute Gasteiger partial charge is 0.497 e. The van der Waals surface area contributed by atoms with Crippen molar-refractivity contribution in [1.29, 1.82) is 0 Å². The fourth-order valence-electron chi connectivity index (χ4n) is 3.91. The lowest BCUT2D eigenvalue weighted by Crippen LogP contribution is -2.45. The van der Waals surface area contributed by atoms with Crippen LogP contribution in [0.3, 0.4) is 0 Å². The van der Waals surface area contributed by atoms with Crippen LogP contribution in [0.5, 0.6) is 5.75 Å². The van der Waals surface area contributed by atoms with E-state index in [9.17, 15) is 0 Å². The molecular formula is C22H26N8O. The minimum Gasteiger partial charge on any atom is -0.497 e. The van der Waals surface area contributed by atoms with Crippen LogP contribution in [0.4, 0.5) is 0 Å². The van der Waals surface area contributed by atoms with Gasteiger partial charge < -0.3 is 9.64 Å². The van der Waals surface area contributed by atoms with Crippen molar-refractivity contribution in [2.45, 2.75) is 13.2 Å². The Kier molecular flexibility index (Phi) is 5.35. The van der Waals surface area contributed by atoms with E-state index < -0.39 is 0 Å². The van der Waals surface area contributed by atoms with Gasteiger partial charge in [0.1, 0.15) is 17.8 Å². The summed E-state index contributed by atoms with van der Waals surface area (Å²) in [7, 11) is 3.84. The maximum atomic E-state index is 5.31. The molecular weight excluding hydrogens is 392 g/mol. The summed E-state index contributed by atoms with van der Waals surface area (Å²) in [5.74, 6) is 2.53. The zero-order valence-corrected chi connectivity index (χ0v) is 17.8. The maximum absolute atomic E-state index is 5.31. The van der Waals surface area contributed by atoms with Crippen LogP contribution in [0.2, 0.25) is 0 Å². The third-order valence-corrected chi connectivity index (χ3v) is 5.82. The number of likely N-dealkylation sites (N-methyl/N-ethyl adjacent to an activating group) is 1. The highest BCUT2D eigenvalue weighted by atomic mass is 16.5. The first-order valence-electron chi connectivity index (χ1n) is 10.5. The van der Waals surface area contributed by atoms with Crippen LogP contribution < -0.4 is 4.74 Å². The number of nitrogens with zero attached hydrogens (tertiary/aromatic N) is 8. The second-order valence-electron chi connectivity index (χ2n) is 7.89. The van der Waals surface area contributed by atoms with E-state index in [0.29, 0.717) is 6.54 Å². The van der Waals surface area contributed by atoms with Crippen molar-refractivity contribution in [3.05, 3.63) is 54.4 Å². The quantitative estimate of drug-likeness (QED) is 0.474. The molecule has 9 heteroatoms. The van der Waals surface area contributed by atoms with Gasteiger partial charge in [-0.05, 0) is 43.4 Å². The fraction of sp³-hybridized carbons (Fsp3) is 0.364. The molecule has 0 unspecified atom stereocenters. The Bertz CT molecular complexity index is 1160. The van der Waals surface area contributed by atoms with Gasteiger partial charge in [-0.25, -0.2) is 4.68 Å². The number of benzene rings is 2.